The number of imidazole rings is 1. The third kappa shape index (κ3) is 12.8. The average molecular weight is 747 g/mol. The molecule has 2 aliphatic rings. The van der Waals surface area contributed by atoms with Crippen molar-refractivity contribution in [3.8, 4) is 0 Å². The quantitative estimate of drug-likeness (QED) is 0.0746. The Bertz CT molecular complexity index is 1450. The summed E-state index contributed by atoms with van der Waals surface area (Å²) in [6.07, 6.45) is 4.30. The zero-order valence-corrected chi connectivity index (χ0v) is 30.9. The number of nitrogens with one attached hydrogen (secondary N) is 1. The summed E-state index contributed by atoms with van der Waals surface area (Å²) in [5.74, 6) is 0.337. The molecule has 0 aromatic carbocycles. The molecule has 19 heteroatoms. The Balaban J connectivity index is 1.41. The van der Waals surface area contributed by atoms with Crippen molar-refractivity contribution < 1.29 is 51.7 Å². The first-order valence-corrected chi connectivity index (χ1v) is 18.9. The third-order valence-electron chi connectivity index (χ3n) is 7.96. The van der Waals surface area contributed by atoms with Gasteiger partial charge in [-0.1, -0.05) is 12.8 Å². The molecule has 0 radical (unpaired) electrons. The Morgan fingerprint density at radius 2 is 1.62 bits per heavy atom. The first kappa shape index (κ1) is 39.5. The summed E-state index contributed by atoms with van der Waals surface area (Å²) in [5, 5.41) is 3.57. The lowest BCUT2D eigenvalue weighted by molar-refractivity contribution is -0.131. The smallest absolute Gasteiger partial charge is 0.432 e. The number of anilines is 1. The lowest BCUT2D eigenvalue weighted by Crippen LogP contribution is -2.41. The van der Waals surface area contributed by atoms with Gasteiger partial charge in [-0.05, 0) is 77.3 Å². The largest absolute Gasteiger partial charge is 0.510 e. The number of methoxy groups -OCH3 is 1. The molecule has 2 aliphatic carbocycles. The Hall–Kier alpha value is -3.24. The highest BCUT2D eigenvalue weighted by molar-refractivity contribution is 7.54. The highest BCUT2D eigenvalue weighted by Crippen LogP contribution is 2.48. The summed E-state index contributed by atoms with van der Waals surface area (Å²) < 4.78 is 51.4. The lowest BCUT2D eigenvalue weighted by Gasteiger charge is -2.28. The van der Waals surface area contributed by atoms with E-state index in [4.69, 9.17) is 44.3 Å². The second-order valence-electron chi connectivity index (χ2n) is 12.9. The number of hydrogen-bond donors (Lipinski definition) is 1. The van der Waals surface area contributed by atoms with Crippen molar-refractivity contribution in [2.75, 3.05) is 45.3 Å². The average Bonchev–Trinajstić information content (AvgIpc) is 3.52. The molecule has 1 amide bonds. The molecule has 2 aromatic heterocycles. The Labute approximate surface area is 296 Å². The van der Waals surface area contributed by atoms with Gasteiger partial charge in [-0.25, -0.2) is 14.6 Å². The van der Waals surface area contributed by atoms with E-state index in [0.29, 0.717) is 42.5 Å². The number of rotatable bonds is 20. The molecule has 0 spiro atoms. The monoisotopic (exact) mass is 746 g/mol. The van der Waals surface area contributed by atoms with Crippen molar-refractivity contribution in [2.45, 2.75) is 104 Å². The maximum atomic E-state index is 13.7. The van der Waals surface area contributed by atoms with E-state index in [1.54, 1.807) is 46.0 Å². The standard InChI is InChI=1S/C31H48ClN6O11P/c1-20(2)48-30(40)44-18-46-50(42,47-19-45-31(41)49-21(3)4)16-25(39)38(14-22-10-11-22)15-24(43-5)12-13-37-17-33-26-27(34-23-8-6-7-9-23)35-29(32)36-28(26)37/h17,20-24H,6-16,18-19H2,1-5H3,(H,34,35,36)/t24-/m0/s1. The highest BCUT2D eigenvalue weighted by Gasteiger charge is 2.36. The van der Waals surface area contributed by atoms with E-state index >= 15 is 0 Å². The zero-order chi connectivity index (χ0) is 36.3. The van der Waals surface area contributed by atoms with E-state index in [-0.39, 0.29) is 17.7 Å². The number of aromatic nitrogens is 4. The summed E-state index contributed by atoms with van der Waals surface area (Å²) in [6, 6.07) is 0.316. The molecule has 0 saturated heterocycles. The van der Waals surface area contributed by atoms with Crippen LogP contribution in [0.5, 0.6) is 0 Å². The van der Waals surface area contributed by atoms with Crippen molar-refractivity contribution in [3.05, 3.63) is 11.6 Å². The van der Waals surface area contributed by atoms with Gasteiger partial charge in [-0.3, -0.25) is 18.4 Å². The van der Waals surface area contributed by atoms with Crippen LogP contribution in [0, 0.1) is 5.92 Å². The molecule has 0 unspecified atom stereocenters. The maximum absolute atomic E-state index is 13.7. The lowest BCUT2D eigenvalue weighted by atomic mass is 10.2. The molecular formula is C31H48ClN6O11P. The molecule has 2 fully saturated rings. The van der Waals surface area contributed by atoms with Crippen LogP contribution in [-0.4, -0.2) is 107 Å². The van der Waals surface area contributed by atoms with Crippen molar-refractivity contribution >= 4 is 54.4 Å². The minimum absolute atomic E-state index is 0.113. The number of carbonyl (C=O) groups excluding carboxylic acids is 3. The van der Waals surface area contributed by atoms with Crippen molar-refractivity contribution in [1.82, 2.24) is 24.4 Å². The number of amides is 1. The number of ether oxygens (including phenoxy) is 5. The van der Waals surface area contributed by atoms with Crippen LogP contribution >= 0.6 is 19.2 Å². The normalized spacial score (nSPS) is 15.8. The van der Waals surface area contributed by atoms with Gasteiger partial charge < -0.3 is 38.5 Å². The van der Waals surface area contributed by atoms with Gasteiger partial charge >= 0.3 is 19.9 Å². The van der Waals surface area contributed by atoms with Crippen LogP contribution in [0.4, 0.5) is 15.4 Å². The molecule has 0 bridgehead atoms. The zero-order valence-electron chi connectivity index (χ0n) is 29.2. The van der Waals surface area contributed by atoms with Crippen LogP contribution in [0.2, 0.25) is 5.28 Å². The van der Waals surface area contributed by atoms with E-state index in [2.05, 4.69) is 20.3 Å². The first-order valence-electron chi connectivity index (χ1n) is 16.8. The molecule has 2 heterocycles. The molecule has 1 atom stereocenters. The van der Waals surface area contributed by atoms with Gasteiger partial charge in [0.15, 0.2) is 17.0 Å². The SMILES string of the molecule is CO[C@@H](CCn1cnc2c(NC3CCCC3)nc(Cl)nc21)CN(CC1CC1)C(=O)CP(=O)(OCOC(=O)OC(C)C)OCOC(=O)OC(C)C. The predicted octanol–water partition coefficient (Wildman–Crippen LogP) is 5.74. The minimum atomic E-state index is -4.33. The maximum Gasteiger partial charge on any atom is 0.510 e. The van der Waals surface area contributed by atoms with Crippen LogP contribution < -0.4 is 5.32 Å². The summed E-state index contributed by atoms with van der Waals surface area (Å²) in [5.41, 5.74) is 1.21. The van der Waals surface area contributed by atoms with Crippen LogP contribution in [0.1, 0.15) is 72.6 Å². The Morgan fingerprint density at radius 1 is 1.00 bits per heavy atom. The summed E-state index contributed by atoms with van der Waals surface area (Å²) in [7, 11) is -2.78. The molecule has 50 heavy (non-hydrogen) atoms. The first-order chi connectivity index (χ1) is 23.8. The molecule has 4 rings (SSSR count). The van der Waals surface area contributed by atoms with E-state index < -0.39 is 63.9 Å². The van der Waals surface area contributed by atoms with E-state index in [1.165, 1.54) is 0 Å². The van der Waals surface area contributed by atoms with E-state index in [9.17, 15) is 18.9 Å². The summed E-state index contributed by atoms with van der Waals surface area (Å²) in [4.78, 5) is 52.3. The van der Waals surface area contributed by atoms with Crippen LogP contribution in [0.25, 0.3) is 11.2 Å². The number of hydrogen-bond acceptors (Lipinski definition) is 15. The van der Waals surface area contributed by atoms with Crippen LogP contribution in [-0.2, 0) is 48.6 Å². The van der Waals surface area contributed by atoms with Gasteiger partial charge in [-0.15, -0.1) is 0 Å². The second kappa shape index (κ2) is 18.8. The van der Waals surface area contributed by atoms with Gasteiger partial charge in [0, 0.05) is 32.8 Å². The van der Waals surface area contributed by atoms with E-state index in [0.717, 1.165) is 38.5 Å². The summed E-state index contributed by atoms with van der Waals surface area (Å²) >= 11 is 6.30. The van der Waals surface area contributed by atoms with Gasteiger partial charge in [0.25, 0.3) is 0 Å². The number of aryl methyl sites for hydroxylation is 1. The van der Waals surface area contributed by atoms with Gasteiger partial charge in [0.2, 0.25) is 24.8 Å². The fourth-order valence-corrected chi connectivity index (χ4v) is 6.68. The second-order valence-corrected chi connectivity index (χ2v) is 15.2. The fraction of sp³-hybridized carbons (Fsp3) is 0.742. The number of carbonyl (C=O) groups is 3. The molecule has 2 saturated carbocycles. The van der Waals surface area contributed by atoms with Crippen LogP contribution in [0.15, 0.2) is 6.33 Å². The molecule has 0 aliphatic heterocycles. The Kier molecular flexibility index (Phi) is 14.9. The fourth-order valence-electron chi connectivity index (χ4n) is 5.30. The topological polar surface area (TPSA) is 192 Å². The van der Waals surface area contributed by atoms with Gasteiger partial charge in [-0.2, -0.15) is 9.97 Å². The summed E-state index contributed by atoms with van der Waals surface area (Å²) in [6.45, 7) is 5.86. The van der Waals surface area contributed by atoms with Crippen molar-refractivity contribution in [2.24, 2.45) is 5.92 Å². The van der Waals surface area contributed by atoms with Crippen molar-refractivity contribution in [3.63, 3.8) is 0 Å². The van der Waals surface area contributed by atoms with Crippen LogP contribution in [0.3, 0.4) is 0 Å². The number of halogens is 1. The third-order valence-corrected chi connectivity index (χ3v) is 9.78. The van der Waals surface area contributed by atoms with Crippen molar-refractivity contribution in [1.29, 1.82) is 0 Å². The molecule has 280 valence electrons. The number of nitrogens with zero attached hydrogens (tertiary/aromatic N) is 5. The molecule has 2 aromatic rings. The van der Waals surface area contributed by atoms with E-state index in [1.807, 2.05) is 4.57 Å². The highest BCUT2D eigenvalue weighted by atomic mass is 35.5. The molecule has 17 nitrogen and oxygen atoms in total. The molecular weight excluding hydrogens is 699 g/mol. The van der Waals surface area contributed by atoms with Gasteiger partial charge in [0.1, 0.15) is 6.16 Å². The minimum Gasteiger partial charge on any atom is -0.432 e. The van der Waals surface area contributed by atoms with Gasteiger partial charge in [0.05, 0.1) is 24.6 Å². The predicted molar refractivity (Wildman–Crippen MR) is 181 cm³/mol. The molecule has 1 N–H and O–H groups in total. The Morgan fingerprint density at radius 3 is 2.18 bits per heavy atom. The number of fused-ring (bicyclic) bond motifs is 1.